The van der Waals surface area contributed by atoms with Crippen molar-refractivity contribution < 1.29 is 4.79 Å². The fourth-order valence-corrected chi connectivity index (χ4v) is 4.50. The molecule has 2 aromatic heterocycles. The average Bonchev–Trinajstić information content (AvgIpc) is 3.13. The van der Waals surface area contributed by atoms with Gasteiger partial charge in [-0.3, -0.25) is 9.78 Å². The highest BCUT2D eigenvalue weighted by molar-refractivity contribution is 7.17. The summed E-state index contributed by atoms with van der Waals surface area (Å²) >= 11 is 1.72. The molecule has 1 aliphatic heterocycles. The number of hydrogen-bond acceptors (Lipinski definition) is 4. The lowest BCUT2D eigenvalue weighted by atomic mass is 10.0. The van der Waals surface area contributed by atoms with Crippen LogP contribution in [0.4, 0.5) is 0 Å². The standard InChI is InChI=1S/C21H23N3OS/c25-21(23-8-11-24-9-4-1-5-10-24)17-12-16(13-22-14-17)19-15-26-20-7-3-2-6-18(19)20/h2-3,6-7,12-15H,1,4-5,8-11H2,(H,23,25). The van der Waals surface area contributed by atoms with E-state index in [1.807, 2.05) is 24.4 Å². The third kappa shape index (κ3) is 3.79. The molecule has 0 bridgehead atoms. The number of hydrogen-bond donors (Lipinski definition) is 1. The topological polar surface area (TPSA) is 45.2 Å². The van der Waals surface area contributed by atoms with Crippen molar-refractivity contribution >= 4 is 27.3 Å². The van der Waals surface area contributed by atoms with Crippen LogP contribution in [0, 0.1) is 0 Å². The highest BCUT2D eigenvalue weighted by Gasteiger charge is 2.12. The van der Waals surface area contributed by atoms with Gasteiger partial charge < -0.3 is 10.2 Å². The highest BCUT2D eigenvalue weighted by atomic mass is 32.1. The average molecular weight is 366 g/mol. The smallest absolute Gasteiger partial charge is 0.252 e. The van der Waals surface area contributed by atoms with Gasteiger partial charge >= 0.3 is 0 Å². The summed E-state index contributed by atoms with van der Waals surface area (Å²) in [6.45, 7) is 3.91. The Morgan fingerprint density at radius 2 is 2.00 bits per heavy atom. The van der Waals surface area contributed by atoms with Gasteiger partial charge in [0.1, 0.15) is 0 Å². The van der Waals surface area contributed by atoms with Crippen LogP contribution in [0.1, 0.15) is 29.6 Å². The highest BCUT2D eigenvalue weighted by Crippen LogP contribution is 2.33. The molecule has 0 radical (unpaired) electrons. The minimum Gasteiger partial charge on any atom is -0.351 e. The van der Waals surface area contributed by atoms with Gasteiger partial charge in [0.05, 0.1) is 5.56 Å². The number of carbonyl (C=O) groups is 1. The third-order valence-electron chi connectivity index (χ3n) is 4.95. The third-order valence-corrected chi connectivity index (χ3v) is 5.92. The zero-order chi connectivity index (χ0) is 17.8. The van der Waals surface area contributed by atoms with Crippen LogP contribution in [-0.2, 0) is 0 Å². The number of carbonyl (C=O) groups excluding carboxylic acids is 1. The van der Waals surface area contributed by atoms with Crippen molar-refractivity contribution in [3.05, 3.63) is 53.7 Å². The first-order valence-corrected chi connectivity index (χ1v) is 10.1. The normalized spacial score (nSPS) is 15.2. The van der Waals surface area contributed by atoms with Crippen molar-refractivity contribution in [2.24, 2.45) is 0 Å². The molecule has 3 heterocycles. The predicted octanol–water partition coefficient (Wildman–Crippen LogP) is 4.18. The van der Waals surface area contributed by atoms with Crippen molar-refractivity contribution in [1.82, 2.24) is 15.2 Å². The number of rotatable bonds is 5. The number of thiophene rings is 1. The van der Waals surface area contributed by atoms with E-state index >= 15 is 0 Å². The maximum absolute atomic E-state index is 12.5. The zero-order valence-electron chi connectivity index (χ0n) is 14.8. The second kappa shape index (κ2) is 7.98. The van der Waals surface area contributed by atoms with Crippen LogP contribution >= 0.6 is 11.3 Å². The molecule has 4 nitrogen and oxygen atoms in total. The van der Waals surface area contributed by atoms with Crippen LogP contribution < -0.4 is 5.32 Å². The number of pyridine rings is 1. The molecule has 1 N–H and O–H groups in total. The van der Waals surface area contributed by atoms with Crippen molar-refractivity contribution in [3.63, 3.8) is 0 Å². The lowest BCUT2D eigenvalue weighted by Crippen LogP contribution is -2.37. The second-order valence-electron chi connectivity index (χ2n) is 6.77. The summed E-state index contributed by atoms with van der Waals surface area (Å²) in [5.41, 5.74) is 2.75. The molecule has 5 heteroatoms. The van der Waals surface area contributed by atoms with Crippen LogP contribution in [0.2, 0.25) is 0 Å². The summed E-state index contributed by atoms with van der Waals surface area (Å²) in [6, 6.07) is 10.3. The molecule has 1 aliphatic rings. The van der Waals surface area contributed by atoms with Crippen molar-refractivity contribution in [2.75, 3.05) is 26.2 Å². The molecule has 1 amide bonds. The van der Waals surface area contributed by atoms with E-state index in [0.29, 0.717) is 12.1 Å². The number of benzene rings is 1. The summed E-state index contributed by atoms with van der Waals surface area (Å²) < 4.78 is 1.25. The maximum Gasteiger partial charge on any atom is 0.252 e. The van der Waals surface area contributed by atoms with Gasteiger partial charge in [-0.15, -0.1) is 11.3 Å². The first-order chi connectivity index (χ1) is 12.8. The van der Waals surface area contributed by atoms with Gasteiger partial charge in [-0.25, -0.2) is 0 Å². The van der Waals surface area contributed by atoms with Crippen LogP contribution in [0.3, 0.4) is 0 Å². The number of likely N-dealkylation sites (tertiary alicyclic amines) is 1. The minimum atomic E-state index is -0.0455. The fourth-order valence-electron chi connectivity index (χ4n) is 3.53. The number of nitrogens with one attached hydrogen (secondary N) is 1. The van der Waals surface area contributed by atoms with Crippen molar-refractivity contribution in [1.29, 1.82) is 0 Å². The van der Waals surface area contributed by atoms with E-state index in [1.165, 1.54) is 29.3 Å². The Morgan fingerprint density at radius 1 is 1.15 bits per heavy atom. The van der Waals surface area contributed by atoms with E-state index < -0.39 is 0 Å². The molecule has 0 unspecified atom stereocenters. The molecule has 134 valence electrons. The summed E-state index contributed by atoms with van der Waals surface area (Å²) in [6.07, 6.45) is 7.36. The quantitative estimate of drug-likeness (QED) is 0.738. The SMILES string of the molecule is O=C(NCCN1CCCCC1)c1cncc(-c2csc3ccccc23)c1. The van der Waals surface area contributed by atoms with Gasteiger partial charge in [0.15, 0.2) is 0 Å². The molecule has 3 aromatic rings. The maximum atomic E-state index is 12.5. The molecule has 1 aromatic carbocycles. The van der Waals surface area contributed by atoms with Gasteiger partial charge in [-0.05, 0) is 43.4 Å². The van der Waals surface area contributed by atoms with Crippen LogP contribution in [0.15, 0.2) is 48.1 Å². The van der Waals surface area contributed by atoms with E-state index in [1.54, 1.807) is 17.5 Å². The number of piperidine rings is 1. The Morgan fingerprint density at radius 3 is 2.88 bits per heavy atom. The van der Waals surface area contributed by atoms with Crippen molar-refractivity contribution in [2.45, 2.75) is 19.3 Å². The number of nitrogens with zero attached hydrogens (tertiary/aromatic N) is 2. The first-order valence-electron chi connectivity index (χ1n) is 9.23. The van der Waals surface area contributed by atoms with Crippen LogP contribution in [0.5, 0.6) is 0 Å². The summed E-state index contributed by atoms with van der Waals surface area (Å²) in [5.74, 6) is -0.0455. The molecule has 0 saturated carbocycles. The van der Waals surface area contributed by atoms with E-state index in [-0.39, 0.29) is 5.91 Å². The Hall–Kier alpha value is -2.24. The monoisotopic (exact) mass is 365 g/mol. The lowest BCUT2D eigenvalue weighted by molar-refractivity contribution is 0.0946. The Kier molecular flexibility index (Phi) is 5.27. The molecule has 0 atom stereocenters. The molecule has 26 heavy (non-hydrogen) atoms. The van der Waals surface area contributed by atoms with Gasteiger partial charge in [0.2, 0.25) is 0 Å². The molecule has 0 spiro atoms. The largest absolute Gasteiger partial charge is 0.351 e. The van der Waals surface area contributed by atoms with Gasteiger partial charge in [-0.1, -0.05) is 24.6 Å². The van der Waals surface area contributed by atoms with E-state index in [9.17, 15) is 4.79 Å². The minimum absolute atomic E-state index is 0.0455. The Bertz CT molecular complexity index is 899. The molecular weight excluding hydrogens is 342 g/mol. The van der Waals surface area contributed by atoms with Gasteiger partial charge in [-0.2, -0.15) is 0 Å². The second-order valence-corrected chi connectivity index (χ2v) is 7.68. The summed E-state index contributed by atoms with van der Waals surface area (Å²) in [4.78, 5) is 19.2. The molecule has 4 rings (SSSR count). The van der Waals surface area contributed by atoms with E-state index in [4.69, 9.17) is 0 Å². The number of fused-ring (bicyclic) bond motifs is 1. The summed E-state index contributed by atoms with van der Waals surface area (Å²) in [7, 11) is 0. The van der Waals surface area contributed by atoms with E-state index in [0.717, 1.165) is 30.8 Å². The van der Waals surface area contributed by atoms with E-state index in [2.05, 4.69) is 32.7 Å². The summed E-state index contributed by atoms with van der Waals surface area (Å²) in [5, 5.41) is 6.39. The lowest BCUT2D eigenvalue weighted by Gasteiger charge is -2.26. The Balaban J connectivity index is 1.44. The molecule has 0 aliphatic carbocycles. The predicted molar refractivity (Wildman–Crippen MR) is 108 cm³/mol. The fraction of sp³-hybridized carbons (Fsp3) is 0.333. The zero-order valence-corrected chi connectivity index (χ0v) is 15.6. The van der Waals surface area contributed by atoms with Crippen LogP contribution in [-0.4, -0.2) is 42.0 Å². The van der Waals surface area contributed by atoms with Crippen molar-refractivity contribution in [3.8, 4) is 11.1 Å². The molecule has 1 fully saturated rings. The Labute approximate surface area is 157 Å². The van der Waals surface area contributed by atoms with Crippen LogP contribution in [0.25, 0.3) is 21.2 Å². The number of amides is 1. The van der Waals surface area contributed by atoms with Gasteiger partial charge in [0.25, 0.3) is 5.91 Å². The molecule has 1 saturated heterocycles. The van der Waals surface area contributed by atoms with Gasteiger partial charge in [0, 0.05) is 46.7 Å². The first kappa shape index (κ1) is 17.2. The molecular formula is C21H23N3OS. The number of aromatic nitrogens is 1.